The number of para-hydroxylation sites is 1. The van der Waals surface area contributed by atoms with Crippen LogP contribution in [-0.2, 0) is 21.2 Å². The van der Waals surface area contributed by atoms with Crippen molar-refractivity contribution in [2.24, 2.45) is 11.8 Å². The van der Waals surface area contributed by atoms with Gasteiger partial charge in [0.2, 0.25) is 10.0 Å². The van der Waals surface area contributed by atoms with Crippen LogP contribution in [0.1, 0.15) is 39.2 Å². The Balaban J connectivity index is 1.64. The first kappa shape index (κ1) is 27.5. The number of benzene rings is 2. The molecule has 2 fully saturated rings. The Kier molecular flexibility index (Phi) is 7.96. The molecule has 9 nitrogen and oxygen atoms in total. The van der Waals surface area contributed by atoms with Crippen molar-refractivity contribution in [2.45, 2.75) is 56.6 Å². The molecule has 0 radical (unpaired) electrons. The molecule has 0 bridgehead atoms. The first-order valence-corrected chi connectivity index (χ1v) is 14.6. The van der Waals surface area contributed by atoms with Gasteiger partial charge in [0.25, 0.3) is 5.69 Å². The fourth-order valence-corrected chi connectivity index (χ4v) is 7.14. The van der Waals surface area contributed by atoms with Crippen LogP contribution in [-0.4, -0.2) is 59.9 Å². The molecule has 2 aromatic carbocycles. The minimum atomic E-state index is -4.12. The average Bonchev–Trinajstić information content (AvgIpc) is 3.58. The molecule has 4 rings (SSSR count). The summed E-state index contributed by atoms with van der Waals surface area (Å²) < 4.78 is 35.5. The highest BCUT2D eigenvalue weighted by atomic mass is 79.9. The third-order valence-corrected chi connectivity index (χ3v) is 9.42. The number of ether oxygens (including phenoxy) is 1. The summed E-state index contributed by atoms with van der Waals surface area (Å²) >= 11 is 3.60. The first-order valence-electron chi connectivity index (χ1n) is 12.3. The Morgan fingerprint density at radius 3 is 2.35 bits per heavy atom. The second kappa shape index (κ2) is 10.7. The lowest BCUT2D eigenvalue weighted by Gasteiger charge is -2.28. The molecule has 1 amide bonds. The van der Waals surface area contributed by atoms with Crippen LogP contribution >= 0.6 is 15.9 Å². The van der Waals surface area contributed by atoms with E-state index in [4.69, 9.17) is 4.74 Å². The van der Waals surface area contributed by atoms with Crippen LogP contribution in [0, 0.1) is 22.0 Å². The molecule has 1 aliphatic carbocycles. The van der Waals surface area contributed by atoms with Gasteiger partial charge >= 0.3 is 6.09 Å². The van der Waals surface area contributed by atoms with E-state index in [9.17, 15) is 23.3 Å². The Bertz CT molecular complexity index is 1280. The number of halogens is 1. The van der Waals surface area contributed by atoms with Gasteiger partial charge in [0, 0.05) is 36.2 Å². The number of likely N-dealkylation sites (tertiary alicyclic amines) is 1. The molecular formula is C26H32BrN3O6S. The van der Waals surface area contributed by atoms with Crippen LogP contribution in [0.5, 0.6) is 0 Å². The zero-order valence-corrected chi connectivity index (χ0v) is 23.6. The fraction of sp³-hybridized carbons (Fsp3) is 0.500. The highest BCUT2D eigenvalue weighted by Crippen LogP contribution is 2.38. The quantitative estimate of drug-likeness (QED) is 0.306. The van der Waals surface area contributed by atoms with Gasteiger partial charge in [0.1, 0.15) is 5.60 Å². The number of amides is 1. The number of sulfonamides is 1. The predicted molar refractivity (Wildman–Crippen MR) is 143 cm³/mol. The molecule has 0 spiro atoms. The third-order valence-electron chi connectivity index (χ3n) is 6.69. The van der Waals surface area contributed by atoms with Crippen molar-refractivity contribution in [3.63, 3.8) is 0 Å². The van der Waals surface area contributed by atoms with Crippen LogP contribution in [0.25, 0.3) is 0 Å². The normalized spacial score (nSPS) is 20.3. The predicted octanol–water partition coefficient (Wildman–Crippen LogP) is 5.24. The van der Waals surface area contributed by atoms with E-state index in [-0.39, 0.29) is 29.3 Å². The summed E-state index contributed by atoms with van der Waals surface area (Å²) in [5.74, 6) is -0.189. The van der Waals surface area contributed by atoms with Gasteiger partial charge in [-0.05, 0) is 69.6 Å². The highest BCUT2D eigenvalue weighted by molar-refractivity contribution is 9.10. The van der Waals surface area contributed by atoms with E-state index >= 15 is 0 Å². The summed E-state index contributed by atoms with van der Waals surface area (Å²) in [5, 5.41) is 11.6. The van der Waals surface area contributed by atoms with Crippen LogP contribution < -0.4 is 0 Å². The Hall–Kier alpha value is -2.50. The van der Waals surface area contributed by atoms with E-state index in [2.05, 4.69) is 15.9 Å². The Morgan fingerprint density at radius 2 is 1.73 bits per heavy atom. The summed E-state index contributed by atoms with van der Waals surface area (Å²) in [6, 6.07) is 13.1. The van der Waals surface area contributed by atoms with Gasteiger partial charge in [0.15, 0.2) is 4.90 Å². The molecule has 1 saturated carbocycles. The molecule has 2 atom stereocenters. The number of nitro groups is 1. The smallest absolute Gasteiger partial charge is 0.410 e. The molecule has 37 heavy (non-hydrogen) atoms. The van der Waals surface area contributed by atoms with Crippen molar-refractivity contribution in [3.8, 4) is 0 Å². The third kappa shape index (κ3) is 6.50. The van der Waals surface area contributed by atoms with Crippen LogP contribution in [0.15, 0.2) is 57.9 Å². The minimum Gasteiger partial charge on any atom is -0.444 e. The van der Waals surface area contributed by atoms with Gasteiger partial charge < -0.3 is 9.64 Å². The van der Waals surface area contributed by atoms with E-state index in [0.29, 0.717) is 32.4 Å². The first-order chi connectivity index (χ1) is 17.4. The number of rotatable bonds is 8. The highest BCUT2D eigenvalue weighted by Gasteiger charge is 2.45. The van der Waals surface area contributed by atoms with Crippen molar-refractivity contribution in [1.29, 1.82) is 0 Å². The molecule has 1 saturated heterocycles. The Morgan fingerprint density at radius 1 is 1.11 bits per heavy atom. The lowest BCUT2D eigenvalue weighted by atomic mass is 9.89. The van der Waals surface area contributed by atoms with Gasteiger partial charge in [-0.1, -0.05) is 46.3 Å². The summed E-state index contributed by atoms with van der Waals surface area (Å²) in [5.41, 5.74) is -0.00858. The summed E-state index contributed by atoms with van der Waals surface area (Å²) in [4.78, 5) is 25.2. The second-order valence-corrected chi connectivity index (χ2v) is 13.4. The molecule has 0 N–H and O–H groups in total. The number of carbonyl (C=O) groups excluding carboxylic acids is 1. The van der Waals surface area contributed by atoms with Crippen molar-refractivity contribution >= 4 is 37.7 Å². The molecule has 1 aliphatic heterocycles. The summed E-state index contributed by atoms with van der Waals surface area (Å²) in [6.07, 6.45) is 1.64. The van der Waals surface area contributed by atoms with E-state index in [1.807, 2.05) is 45.0 Å². The largest absolute Gasteiger partial charge is 0.444 e. The molecule has 2 aromatic rings. The van der Waals surface area contributed by atoms with Gasteiger partial charge in [-0.3, -0.25) is 10.1 Å². The number of nitro benzene ring substituents is 1. The maximum atomic E-state index is 13.8. The maximum absolute atomic E-state index is 13.8. The summed E-state index contributed by atoms with van der Waals surface area (Å²) in [7, 11) is -4.12. The molecule has 0 aromatic heterocycles. The monoisotopic (exact) mass is 593 g/mol. The molecule has 2 aliphatic rings. The number of hydrogen-bond acceptors (Lipinski definition) is 6. The van der Waals surface area contributed by atoms with Crippen LogP contribution in [0.2, 0.25) is 0 Å². The van der Waals surface area contributed by atoms with Gasteiger partial charge in [0.05, 0.1) is 4.92 Å². The van der Waals surface area contributed by atoms with E-state index < -0.39 is 32.3 Å². The number of hydrogen-bond donors (Lipinski definition) is 0. The van der Waals surface area contributed by atoms with Crippen molar-refractivity contribution in [3.05, 3.63) is 68.7 Å². The summed E-state index contributed by atoms with van der Waals surface area (Å²) in [6.45, 7) is 6.39. The average molecular weight is 595 g/mol. The molecule has 200 valence electrons. The van der Waals surface area contributed by atoms with Gasteiger partial charge in [-0.15, -0.1) is 0 Å². The SMILES string of the molecule is CC(C)(C)OC(=O)N1C[C@@H](Cc2ccccc2Br)[C@H](CN(C2CC2)S(=O)(=O)c2ccccc2[N+](=O)[O-])C1. The van der Waals surface area contributed by atoms with Crippen LogP contribution in [0.3, 0.4) is 0 Å². The van der Waals surface area contributed by atoms with E-state index in [1.165, 1.54) is 28.6 Å². The Labute approximate surface area is 226 Å². The second-order valence-electron chi connectivity index (χ2n) is 10.7. The molecule has 1 heterocycles. The minimum absolute atomic E-state index is 0.0200. The lowest BCUT2D eigenvalue weighted by molar-refractivity contribution is -0.387. The maximum Gasteiger partial charge on any atom is 0.410 e. The van der Waals surface area contributed by atoms with E-state index in [0.717, 1.165) is 10.0 Å². The molecule has 11 heteroatoms. The van der Waals surface area contributed by atoms with Crippen molar-refractivity contribution in [1.82, 2.24) is 9.21 Å². The fourth-order valence-electron chi connectivity index (χ4n) is 4.79. The van der Waals surface area contributed by atoms with Gasteiger partial charge in [-0.25, -0.2) is 13.2 Å². The lowest BCUT2D eigenvalue weighted by Crippen LogP contribution is -2.40. The zero-order valence-electron chi connectivity index (χ0n) is 21.2. The molecule has 0 unspecified atom stereocenters. The van der Waals surface area contributed by atoms with Crippen molar-refractivity contribution < 1.29 is 22.9 Å². The topological polar surface area (TPSA) is 110 Å². The molecular weight excluding hydrogens is 562 g/mol. The van der Waals surface area contributed by atoms with Crippen molar-refractivity contribution in [2.75, 3.05) is 19.6 Å². The number of carbonyl (C=O) groups is 1. The number of nitrogens with zero attached hydrogens (tertiary/aromatic N) is 3. The zero-order chi connectivity index (χ0) is 27.0. The van der Waals surface area contributed by atoms with Crippen LogP contribution in [0.4, 0.5) is 10.5 Å². The standard InChI is InChI=1S/C26H32BrN3O6S/c1-26(2,3)36-25(31)28-15-19(14-18-8-4-5-9-22(18)27)20(16-28)17-29(21-12-13-21)37(34,35)24-11-7-6-10-23(24)30(32)33/h4-11,19-21H,12-17H2,1-3H3/t19-,20+/m1/s1. The van der Waals surface area contributed by atoms with E-state index in [1.54, 1.807) is 4.90 Å². The van der Waals surface area contributed by atoms with Gasteiger partial charge in [-0.2, -0.15) is 4.31 Å².